The Morgan fingerprint density at radius 3 is 2.58 bits per heavy atom. The minimum atomic E-state index is -4.10. The Morgan fingerprint density at radius 1 is 1.11 bits per heavy atom. The molecule has 4 aromatic rings. The van der Waals surface area contributed by atoms with Crippen molar-refractivity contribution in [3.8, 4) is 11.1 Å². The molecule has 1 saturated heterocycles. The third-order valence-corrected chi connectivity index (χ3v) is 11.3. The number of halogens is 2. The number of fused-ring (bicyclic) bond motifs is 1. The molecular formula is C23H18ClFN2O5S4. The van der Waals surface area contributed by atoms with E-state index in [4.69, 9.17) is 11.6 Å². The van der Waals surface area contributed by atoms with E-state index in [-0.39, 0.29) is 32.8 Å². The van der Waals surface area contributed by atoms with E-state index in [1.165, 1.54) is 40.5 Å². The number of rotatable bonds is 6. The van der Waals surface area contributed by atoms with E-state index in [2.05, 4.69) is 4.72 Å². The van der Waals surface area contributed by atoms with Crippen molar-refractivity contribution in [1.29, 1.82) is 0 Å². The number of amides is 1. The van der Waals surface area contributed by atoms with Crippen LogP contribution in [0.2, 0.25) is 4.34 Å². The number of sulfonamides is 1. The van der Waals surface area contributed by atoms with Crippen molar-refractivity contribution in [2.24, 2.45) is 0 Å². The van der Waals surface area contributed by atoms with Crippen molar-refractivity contribution in [3.05, 3.63) is 64.1 Å². The van der Waals surface area contributed by atoms with Crippen molar-refractivity contribution >= 4 is 75.1 Å². The van der Waals surface area contributed by atoms with Gasteiger partial charge in [0.15, 0.2) is 9.84 Å². The third-order valence-electron chi connectivity index (χ3n) is 5.82. The monoisotopic (exact) mass is 584 g/mol. The number of nitrogens with one attached hydrogen (secondary N) is 1. The van der Waals surface area contributed by atoms with Gasteiger partial charge in [0.2, 0.25) is 15.9 Å². The number of nitrogens with zero attached hydrogens (tertiary/aromatic N) is 1. The van der Waals surface area contributed by atoms with E-state index in [1.54, 1.807) is 29.6 Å². The van der Waals surface area contributed by atoms with Crippen LogP contribution in [0.5, 0.6) is 0 Å². The molecule has 0 aliphatic carbocycles. The lowest BCUT2D eigenvalue weighted by molar-refractivity contribution is -0.118. The fourth-order valence-electron chi connectivity index (χ4n) is 4.20. The fraction of sp³-hybridized carbons (Fsp3) is 0.174. The standard InChI is InChI=1S/C23H18ClFN2O5S4/c1-35(29,30)19-5-3-2-4-14(19)13-6-7-17(15(25)12-13)27-10-8-16(23(27)28)26-36(31,32)21-20-18(9-11-33-20)34-22(21)24/h2-7,9,11-12,16,26H,8,10H2,1H3. The van der Waals surface area contributed by atoms with Gasteiger partial charge in [0.05, 0.1) is 15.3 Å². The van der Waals surface area contributed by atoms with E-state index in [0.29, 0.717) is 15.8 Å². The summed E-state index contributed by atoms with van der Waals surface area (Å²) in [5.74, 6) is -1.32. The number of thiophene rings is 2. The summed E-state index contributed by atoms with van der Waals surface area (Å²) in [6, 6.07) is 11.1. The summed E-state index contributed by atoms with van der Waals surface area (Å²) >= 11 is 8.58. The molecule has 2 aromatic carbocycles. The molecule has 1 aliphatic rings. The first-order chi connectivity index (χ1) is 17.0. The van der Waals surface area contributed by atoms with Crippen LogP contribution in [0.1, 0.15) is 6.42 Å². The van der Waals surface area contributed by atoms with Crippen molar-refractivity contribution in [1.82, 2.24) is 4.72 Å². The number of anilines is 1. The molecule has 2 aromatic heterocycles. The van der Waals surface area contributed by atoms with Gasteiger partial charge in [-0.25, -0.2) is 21.2 Å². The Balaban J connectivity index is 1.41. The van der Waals surface area contributed by atoms with Gasteiger partial charge in [0, 0.05) is 23.1 Å². The van der Waals surface area contributed by atoms with Crippen LogP contribution in [-0.4, -0.2) is 41.6 Å². The first kappa shape index (κ1) is 25.3. The zero-order chi connectivity index (χ0) is 25.8. The summed E-state index contributed by atoms with van der Waals surface area (Å²) in [7, 11) is -7.64. The minimum absolute atomic E-state index is 0.0171. The van der Waals surface area contributed by atoms with E-state index >= 15 is 4.39 Å². The van der Waals surface area contributed by atoms with E-state index < -0.39 is 37.6 Å². The summed E-state index contributed by atoms with van der Waals surface area (Å²) in [5.41, 5.74) is 0.668. The van der Waals surface area contributed by atoms with Gasteiger partial charge in [-0.2, -0.15) is 4.72 Å². The number of hydrogen-bond donors (Lipinski definition) is 1. The molecule has 1 fully saturated rings. The molecule has 0 bridgehead atoms. The summed E-state index contributed by atoms with van der Waals surface area (Å²) in [5, 5.41) is 1.76. The largest absolute Gasteiger partial charge is 0.308 e. The molecule has 7 nitrogen and oxygen atoms in total. The molecule has 0 spiro atoms. The molecule has 5 rings (SSSR count). The fourth-order valence-corrected chi connectivity index (χ4v) is 9.96. The number of carbonyl (C=O) groups is 1. The molecule has 1 amide bonds. The summed E-state index contributed by atoms with van der Waals surface area (Å²) in [4.78, 5) is 14.3. The summed E-state index contributed by atoms with van der Waals surface area (Å²) < 4.78 is 69.4. The van der Waals surface area contributed by atoms with Crippen LogP contribution in [0.3, 0.4) is 0 Å². The lowest BCUT2D eigenvalue weighted by Crippen LogP contribution is -2.41. The van der Waals surface area contributed by atoms with Gasteiger partial charge in [-0.15, -0.1) is 22.7 Å². The minimum Gasteiger partial charge on any atom is -0.308 e. The maximum Gasteiger partial charge on any atom is 0.245 e. The molecule has 0 saturated carbocycles. The van der Waals surface area contributed by atoms with Crippen LogP contribution in [0, 0.1) is 5.82 Å². The Bertz CT molecular complexity index is 1730. The molecule has 1 unspecified atom stereocenters. The maximum atomic E-state index is 15.2. The third kappa shape index (κ3) is 4.46. The molecule has 188 valence electrons. The second-order valence-electron chi connectivity index (χ2n) is 8.21. The van der Waals surface area contributed by atoms with Crippen LogP contribution in [0.4, 0.5) is 10.1 Å². The highest BCUT2D eigenvalue weighted by atomic mass is 35.5. The Morgan fingerprint density at radius 2 is 1.86 bits per heavy atom. The lowest BCUT2D eigenvalue weighted by atomic mass is 10.0. The van der Waals surface area contributed by atoms with Gasteiger partial charge in [-0.1, -0.05) is 35.9 Å². The molecule has 1 atom stereocenters. The molecule has 13 heteroatoms. The number of hydrogen-bond acceptors (Lipinski definition) is 7. The van der Waals surface area contributed by atoms with Gasteiger partial charge in [-0.05, 0) is 41.6 Å². The zero-order valence-corrected chi connectivity index (χ0v) is 22.6. The SMILES string of the molecule is CS(=O)(=O)c1ccccc1-c1ccc(N2CCC(NS(=O)(=O)c3c(Cl)sc4ccsc34)C2=O)c(F)c1. The predicted octanol–water partition coefficient (Wildman–Crippen LogP) is 4.91. The Kier molecular flexibility index (Phi) is 6.46. The summed E-state index contributed by atoms with van der Waals surface area (Å²) in [6.45, 7) is 0.105. The average Bonchev–Trinajstić information content (AvgIpc) is 3.48. The molecule has 36 heavy (non-hydrogen) atoms. The van der Waals surface area contributed by atoms with Crippen LogP contribution in [0.25, 0.3) is 20.5 Å². The van der Waals surface area contributed by atoms with Crippen molar-refractivity contribution in [2.75, 3.05) is 17.7 Å². The smallest absolute Gasteiger partial charge is 0.245 e. The van der Waals surface area contributed by atoms with Crippen molar-refractivity contribution in [2.45, 2.75) is 22.3 Å². The maximum absolute atomic E-state index is 15.2. The molecule has 1 N–H and O–H groups in total. The van der Waals surface area contributed by atoms with Gasteiger partial charge in [0.25, 0.3) is 0 Å². The highest BCUT2D eigenvalue weighted by molar-refractivity contribution is 7.91. The number of benzene rings is 2. The predicted molar refractivity (Wildman–Crippen MR) is 141 cm³/mol. The van der Waals surface area contributed by atoms with Gasteiger partial charge < -0.3 is 4.90 Å². The van der Waals surface area contributed by atoms with Gasteiger partial charge >= 0.3 is 0 Å². The molecular weight excluding hydrogens is 567 g/mol. The highest BCUT2D eigenvalue weighted by Gasteiger charge is 2.38. The normalized spacial score (nSPS) is 16.8. The molecule has 0 radical (unpaired) electrons. The second kappa shape index (κ2) is 9.19. The van der Waals surface area contributed by atoms with Crippen LogP contribution in [0.15, 0.2) is 63.7 Å². The van der Waals surface area contributed by atoms with Gasteiger partial charge in [-0.3, -0.25) is 4.79 Å². The quantitative estimate of drug-likeness (QED) is 0.347. The molecule has 1 aliphatic heterocycles. The highest BCUT2D eigenvalue weighted by Crippen LogP contribution is 2.41. The zero-order valence-electron chi connectivity index (χ0n) is 18.6. The van der Waals surface area contributed by atoms with E-state index in [9.17, 15) is 21.6 Å². The van der Waals surface area contributed by atoms with Crippen molar-refractivity contribution in [3.63, 3.8) is 0 Å². The first-order valence-corrected chi connectivity index (χ1v) is 16.0. The van der Waals surface area contributed by atoms with Crippen LogP contribution in [-0.2, 0) is 24.7 Å². The van der Waals surface area contributed by atoms with Crippen molar-refractivity contribution < 1.29 is 26.0 Å². The van der Waals surface area contributed by atoms with Gasteiger partial charge in [0.1, 0.15) is 21.1 Å². The summed E-state index contributed by atoms with van der Waals surface area (Å²) in [6.07, 6.45) is 1.22. The topological polar surface area (TPSA) is 101 Å². The Labute approximate surface area is 220 Å². The molecule has 3 heterocycles. The number of sulfone groups is 1. The van der Waals surface area contributed by atoms with Crippen LogP contribution < -0.4 is 9.62 Å². The number of carbonyl (C=O) groups excluding carboxylic acids is 1. The lowest BCUT2D eigenvalue weighted by Gasteiger charge is -2.19. The Hall–Kier alpha value is -2.35. The van der Waals surface area contributed by atoms with E-state index in [0.717, 1.165) is 22.3 Å². The average molecular weight is 585 g/mol. The first-order valence-electron chi connectivity index (χ1n) is 10.6. The second-order valence-corrected chi connectivity index (χ2v) is 14.4. The van der Waals surface area contributed by atoms with E-state index in [1.807, 2.05) is 0 Å². The van der Waals surface area contributed by atoms with Crippen LogP contribution >= 0.6 is 34.3 Å².